The Hall–Kier alpha value is -2.70. The minimum atomic E-state index is -0.139. The van der Waals surface area contributed by atoms with Crippen LogP contribution < -0.4 is 5.32 Å². The highest BCUT2D eigenvalue weighted by Crippen LogP contribution is 2.29. The molecule has 0 saturated carbocycles. The van der Waals surface area contributed by atoms with Gasteiger partial charge in [-0.2, -0.15) is 0 Å². The summed E-state index contributed by atoms with van der Waals surface area (Å²) >= 11 is 6.37. The van der Waals surface area contributed by atoms with Crippen LogP contribution in [0.4, 0.5) is 0 Å². The molecular weight excluding hydrogens is 362 g/mol. The number of carbonyl (C=O) groups is 1. The van der Waals surface area contributed by atoms with Crippen molar-refractivity contribution in [1.29, 1.82) is 0 Å². The molecule has 0 bridgehead atoms. The van der Waals surface area contributed by atoms with Gasteiger partial charge < -0.3 is 10.2 Å². The average Bonchev–Trinajstić information content (AvgIpc) is 3.18. The fourth-order valence-corrected chi connectivity index (χ4v) is 3.64. The van der Waals surface area contributed by atoms with Crippen molar-refractivity contribution in [2.75, 3.05) is 19.6 Å². The Labute approximate surface area is 162 Å². The zero-order valence-electron chi connectivity index (χ0n) is 15.0. The number of nitrogens with zero attached hydrogens (tertiary/aromatic N) is 4. The van der Waals surface area contributed by atoms with E-state index < -0.39 is 0 Å². The molecule has 138 valence electrons. The van der Waals surface area contributed by atoms with Gasteiger partial charge in [-0.05, 0) is 36.2 Å². The van der Waals surface area contributed by atoms with Gasteiger partial charge in [-0.25, -0.2) is 4.68 Å². The van der Waals surface area contributed by atoms with Crippen LogP contribution >= 0.6 is 11.6 Å². The molecule has 1 amide bonds. The molecule has 1 unspecified atom stereocenters. The lowest BCUT2D eigenvalue weighted by atomic mass is 10.0. The lowest BCUT2D eigenvalue weighted by Crippen LogP contribution is -2.48. The summed E-state index contributed by atoms with van der Waals surface area (Å²) in [6.07, 6.45) is 1.68. The van der Waals surface area contributed by atoms with Crippen LogP contribution in [0.15, 0.2) is 54.7 Å². The lowest BCUT2D eigenvalue weighted by molar-refractivity contribution is 0.0628. The van der Waals surface area contributed by atoms with Gasteiger partial charge in [0, 0.05) is 24.7 Å². The quantitative estimate of drug-likeness (QED) is 0.757. The van der Waals surface area contributed by atoms with Crippen molar-refractivity contribution in [2.24, 2.45) is 0 Å². The maximum Gasteiger partial charge on any atom is 0.276 e. The monoisotopic (exact) mass is 381 g/mol. The Balaban J connectivity index is 1.62. The number of aryl methyl sites for hydroxylation is 1. The van der Waals surface area contributed by atoms with Crippen LogP contribution in [0, 0.1) is 6.92 Å². The van der Waals surface area contributed by atoms with Crippen molar-refractivity contribution in [2.45, 2.75) is 13.0 Å². The highest BCUT2D eigenvalue weighted by atomic mass is 35.5. The van der Waals surface area contributed by atoms with Crippen LogP contribution in [-0.2, 0) is 0 Å². The average molecular weight is 382 g/mol. The van der Waals surface area contributed by atoms with E-state index in [0.29, 0.717) is 23.8 Å². The minimum absolute atomic E-state index is 0.135. The Morgan fingerprint density at radius 1 is 1.22 bits per heavy atom. The summed E-state index contributed by atoms with van der Waals surface area (Å²) in [5.41, 5.74) is 3.27. The van der Waals surface area contributed by atoms with Crippen LogP contribution in [-0.4, -0.2) is 45.4 Å². The third kappa shape index (κ3) is 3.59. The Morgan fingerprint density at radius 3 is 2.89 bits per heavy atom. The number of piperazine rings is 1. The molecule has 3 aromatic rings. The number of carbonyl (C=O) groups excluding carboxylic acids is 1. The second kappa shape index (κ2) is 7.50. The van der Waals surface area contributed by atoms with E-state index in [-0.39, 0.29) is 11.9 Å². The van der Waals surface area contributed by atoms with E-state index in [1.54, 1.807) is 10.9 Å². The maximum atomic E-state index is 13.1. The molecule has 0 radical (unpaired) electrons. The number of aromatic nitrogens is 3. The summed E-state index contributed by atoms with van der Waals surface area (Å²) in [5, 5.41) is 12.3. The van der Waals surface area contributed by atoms with Gasteiger partial charge in [0.15, 0.2) is 5.69 Å². The van der Waals surface area contributed by atoms with Gasteiger partial charge in [-0.1, -0.05) is 47.1 Å². The van der Waals surface area contributed by atoms with E-state index in [0.717, 1.165) is 23.4 Å². The molecule has 27 heavy (non-hydrogen) atoms. The predicted octanol–water partition coefficient (Wildman–Crippen LogP) is 3.02. The summed E-state index contributed by atoms with van der Waals surface area (Å²) < 4.78 is 1.63. The van der Waals surface area contributed by atoms with E-state index in [4.69, 9.17) is 11.6 Å². The van der Waals surface area contributed by atoms with E-state index in [1.807, 2.05) is 60.4 Å². The largest absolute Gasteiger partial charge is 0.328 e. The normalized spacial score (nSPS) is 17.1. The van der Waals surface area contributed by atoms with Gasteiger partial charge in [0.1, 0.15) is 0 Å². The number of amides is 1. The SMILES string of the molecule is Cc1cccc(-n2cc(C(=O)N3CCNCC3c3ccccc3Cl)nn2)c1. The lowest BCUT2D eigenvalue weighted by Gasteiger charge is -2.36. The highest BCUT2D eigenvalue weighted by molar-refractivity contribution is 6.31. The molecule has 1 N–H and O–H groups in total. The molecule has 6 nitrogen and oxygen atoms in total. The fraction of sp³-hybridized carbons (Fsp3) is 0.250. The first-order valence-electron chi connectivity index (χ1n) is 8.89. The first kappa shape index (κ1) is 17.7. The number of rotatable bonds is 3. The minimum Gasteiger partial charge on any atom is -0.328 e. The number of hydrogen-bond donors (Lipinski definition) is 1. The van der Waals surface area contributed by atoms with Crippen LogP contribution in [0.5, 0.6) is 0 Å². The summed E-state index contributed by atoms with van der Waals surface area (Å²) in [4.78, 5) is 15.0. The van der Waals surface area contributed by atoms with Crippen molar-refractivity contribution in [3.05, 3.63) is 76.6 Å². The van der Waals surface area contributed by atoms with Gasteiger partial charge in [0.2, 0.25) is 0 Å². The Morgan fingerprint density at radius 2 is 2.07 bits per heavy atom. The predicted molar refractivity (Wildman–Crippen MR) is 104 cm³/mol. The molecule has 4 rings (SSSR count). The summed E-state index contributed by atoms with van der Waals surface area (Å²) in [6, 6.07) is 15.4. The zero-order chi connectivity index (χ0) is 18.8. The number of halogens is 1. The highest BCUT2D eigenvalue weighted by Gasteiger charge is 2.31. The second-order valence-electron chi connectivity index (χ2n) is 6.63. The number of benzene rings is 2. The van der Waals surface area contributed by atoms with E-state index in [9.17, 15) is 4.79 Å². The zero-order valence-corrected chi connectivity index (χ0v) is 15.7. The van der Waals surface area contributed by atoms with E-state index in [2.05, 4.69) is 15.6 Å². The molecule has 2 heterocycles. The van der Waals surface area contributed by atoms with Gasteiger partial charge >= 0.3 is 0 Å². The van der Waals surface area contributed by atoms with Crippen LogP contribution in [0.2, 0.25) is 5.02 Å². The van der Waals surface area contributed by atoms with Gasteiger partial charge in [0.05, 0.1) is 17.9 Å². The smallest absolute Gasteiger partial charge is 0.276 e. The molecule has 1 aliphatic heterocycles. The summed E-state index contributed by atoms with van der Waals surface area (Å²) in [7, 11) is 0. The second-order valence-corrected chi connectivity index (χ2v) is 7.03. The molecule has 1 fully saturated rings. The Kier molecular flexibility index (Phi) is 4.92. The number of hydrogen-bond acceptors (Lipinski definition) is 4. The van der Waals surface area contributed by atoms with Gasteiger partial charge in [0.25, 0.3) is 5.91 Å². The molecule has 0 aliphatic carbocycles. The Bertz CT molecular complexity index is 970. The molecular formula is C20H20ClN5O. The van der Waals surface area contributed by atoms with Crippen molar-refractivity contribution >= 4 is 17.5 Å². The molecule has 1 saturated heterocycles. The topological polar surface area (TPSA) is 63.1 Å². The molecule has 1 aromatic heterocycles. The molecule has 1 aliphatic rings. The molecule has 7 heteroatoms. The maximum absolute atomic E-state index is 13.1. The van der Waals surface area contributed by atoms with Crippen molar-refractivity contribution in [3.63, 3.8) is 0 Å². The molecule has 1 atom stereocenters. The first-order valence-corrected chi connectivity index (χ1v) is 9.27. The van der Waals surface area contributed by atoms with Crippen LogP contribution in [0.1, 0.15) is 27.7 Å². The summed E-state index contributed by atoms with van der Waals surface area (Å²) in [5.74, 6) is -0.139. The third-order valence-corrected chi connectivity index (χ3v) is 5.09. The first-order chi connectivity index (χ1) is 13.1. The van der Waals surface area contributed by atoms with E-state index in [1.165, 1.54) is 0 Å². The third-order valence-electron chi connectivity index (χ3n) is 4.75. The van der Waals surface area contributed by atoms with Gasteiger partial charge in [-0.15, -0.1) is 5.10 Å². The fourth-order valence-electron chi connectivity index (χ4n) is 3.38. The standard InChI is InChI=1S/C20H20ClN5O/c1-14-5-4-6-15(11-14)26-13-18(23-24-26)20(27)25-10-9-22-12-19(25)16-7-2-3-8-17(16)21/h2-8,11,13,19,22H,9-10,12H2,1H3. The number of nitrogens with one attached hydrogen (secondary N) is 1. The molecule has 0 spiro atoms. The van der Waals surface area contributed by atoms with Crippen molar-refractivity contribution < 1.29 is 4.79 Å². The van der Waals surface area contributed by atoms with Crippen molar-refractivity contribution in [1.82, 2.24) is 25.2 Å². The van der Waals surface area contributed by atoms with Crippen LogP contribution in [0.25, 0.3) is 5.69 Å². The van der Waals surface area contributed by atoms with E-state index >= 15 is 0 Å². The summed E-state index contributed by atoms with van der Waals surface area (Å²) in [6.45, 7) is 3.99. The van der Waals surface area contributed by atoms with Crippen LogP contribution in [0.3, 0.4) is 0 Å². The van der Waals surface area contributed by atoms with Gasteiger partial charge in [-0.3, -0.25) is 4.79 Å². The molecule has 2 aromatic carbocycles. The van der Waals surface area contributed by atoms with Crippen molar-refractivity contribution in [3.8, 4) is 5.69 Å².